The van der Waals surface area contributed by atoms with E-state index in [1.54, 1.807) is 0 Å². The van der Waals surface area contributed by atoms with Crippen LogP contribution in [0.3, 0.4) is 0 Å². The van der Waals surface area contributed by atoms with Crippen molar-refractivity contribution in [1.29, 1.82) is 0 Å². The molecule has 1 amide bonds. The minimum atomic E-state index is -0.586. The number of nitrogens with zero attached hydrogens (tertiary/aromatic N) is 4. The lowest BCUT2D eigenvalue weighted by Crippen LogP contribution is -2.38. The van der Waals surface area contributed by atoms with Gasteiger partial charge in [0.1, 0.15) is 5.52 Å². The first-order valence-corrected chi connectivity index (χ1v) is 10.9. The summed E-state index contributed by atoms with van der Waals surface area (Å²) in [4.78, 5) is 41.6. The van der Waals surface area contributed by atoms with Crippen molar-refractivity contribution in [2.45, 2.75) is 38.1 Å². The summed E-state index contributed by atoms with van der Waals surface area (Å²) in [6, 6.07) is 11.7. The van der Waals surface area contributed by atoms with Crippen LogP contribution in [0.1, 0.15) is 37.5 Å². The van der Waals surface area contributed by atoms with Crippen LogP contribution in [0.25, 0.3) is 22.2 Å². The van der Waals surface area contributed by atoms with Gasteiger partial charge in [0.25, 0.3) is 5.69 Å². The Morgan fingerprint density at radius 3 is 2.67 bits per heavy atom. The normalized spacial score (nSPS) is 14.8. The van der Waals surface area contributed by atoms with Gasteiger partial charge in [0.15, 0.2) is 17.1 Å². The number of nitro groups is 1. The van der Waals surface area contributed by atoms with Gasteiger partial charge in [-0.2, -0.15) is 0 Å². The summed E-state index contributed by atoms with van der Waals surface area (Å²) in [6.07, 6.45) is 2.36. The topological polar surface area (TPSA) is 125 Å². The first-order valence-electron chi connectivity index (χ1n) is 10.9. The molecule has 0 atom stereocenters. The maximum atomic E-state index is 12.7. The van der Waals surface area contributed by atoms with Crippen molar-refractivity contribution < 1.29 is 18.6 Å². The highest BCUT2D eigenvalue weighted by Gasteiger charge is 2.27. The molecular weight excluding hydrogens is 428 g/mol. The summed E-state index contributed by atoms with van der Waals surface area (Å²) >= 11 is 0. The summed E-state index contributed by atoms with van der Waals surface area (Å²) in [7, 11) is 0. The van der Waals surface area contributed by atoms with Gasteiger partial charge in [0.2, 0.25) is 5.91 Å². The smallest absolute Gasteiger partial charge is 0.419 e. The summed E-state index contributed by atoms with van der Waals surface area (Å²) < 4.78 is 12.4. The van der Waals surface area contributed by atoms with Crippen LogP contribution in [0.2, 0.25) is 0 Å². The van der Waals surface area contributed by atoms with Crippen molar-refractivity contribution in [3.8, 4) is 0 Å². The molecule has 0 spiro atoms. The molecule has 0 bridgehead atoms. The van der Waals surface area contributed by atoms with Crippen LogP contribution in [-0.4, -0.2) is 38.4 Å². The monoisotopic (exact) mass is 450 g/mol. The fraction of sp³-hybridized carbons (Fsp3) is 0.348. The molecular formula is C23H22N4O6. The number of carbonyl (C=O) groups excluding carboxylic acids is 1. The molecule has 1 saturated heterocycles. The number of oxazole rings is 2. The number of hydrogen-bond acceptors (Lipinski definition) is 7. The van der Waals surface area contributed by atoms with Crippen molar-refractivity contribution in [3.63, 3.8) is 0 Å². The van der Waals surface area contributed by atoms with E-state index in [4.69, 9.17) is 8.83 Å². The second kappa shape index (κ2) is 8.53. The van der Waals surface area contributed by atoms with E-state index in [0.717, 1.165) is 29.8 Å². The highest BCUT2D eigenvalue weighted by atomic mass is 16.6. The quantitative estimate of drug-likeness (QED) is 0.323. The van der Waals surface area contributed by atoms with E-state index in [-0.39, 0.29) is 23.1 Å². The molecule has 10 nitrogen and oxygen atoms in total. The summed E-state index contributed by atoms with van der Waals surface area (Å²) in [5, 5.41) is 10.9. The minimum Gasteiger partial charge on any atom is -0.440 e. The van der Waals surface area contributed by atoms with Crippen molar-refractivity contribution in [2.24, 2.45) is 0 Å². The zero-order chi connectivity index (χ0) is 22.9. The van der Waals surface area contributed by atoms with Gasteiger partial charge in [0.05, 0.1) is 16.5 Å². The number of amides is 1. The zero-order valence-electron chi connectivity index (χ0n) is 17.8. The van der Waals surface area contributed by atoms with Crippen molar-refractivity contribution in [2.75, 3.05) is 13.1 Å². The Balaban J connectivity index is 1.16. The van der Waals surface area contributed by atoms with Crippen molar-refractivity contribution in [3.05, 3.63) is 69.0 Å². The van der Waals surface area contributed by atoms with E-state index in [1.165, 1.54) is 22.8 Å². The molecule has 0 saturated carbocycles. The summed E-state index contributed by atoms with van der Waals surface area (Å²) in [5.41, 5.74) is 2.14. The highest BCUT2D eigenvalue weighted by Crippen LogP contribution is 2.30. The van der Waals surface area contributed by atoms with Crippen LogP contribution in [0.5, 0.6) is 0 Å². The number of likely N-dealkylation sites (tertiary alicyclic amines) is 1. The molecule has 2 aromatic carbocycles. The lowest BCUT2D eigenvalue weighted by Gasteiger charge is -2.30. The molecule has 1 aliphatic rings. The van der Waals surface area contributed by atoms with Gasteiger partial charge in [-0.1, -0.05) is 12.1 Å². The van der Waals surface area contributed by atoms with E-state index in [9.17, 15) is 19.7 Å². The van der Waals surface area contributed by atoms with Gasteiger partial charge in [-0.3, -0.25) is 19.5 Å². The fourth-order valence-electron chi connectivity index (χ4n) is 4.37. The molecule has 0 unspecified atom stereocenters. The van der Waals surface area contributed by atoms with Gasteiger partial charge in [0, 0.05) is 38.0 Å². The number of non-ortho nitro benzene ring substituents is 1. The number of aryl methyl sites for hydroxylation is 1. The van der Waals surface area contributed by atoms with Crippen LogP contribution in [0, 0.1) is 10.1 Å². The molecule has 10 heteroatoms. The van der Waals surface area contributed by atoms with Crippen LogP contribution in [0.15, 0.2) is 56.1 Å². The molecule has 0 N–H and O–H groups in total. The molecule has 3 heterocycles. The maximum absolute atomic E-state index is 12.7. The third kappa shape index (κ3) is 4.11. The van der Waals surface area contributed by atoms with Gasteiger partial charge in [-0.05, 0) is 37.5 Å². The number of benzene rings is 2. The summed E-state index contributed by atoms with van der Waals surface area (Å²) in [5.74, 6) is 0.385. The molecule has 2 aromatic heterocycles. The average Bonchev–Trinajstić information content (AvgIpc) is 3.39. The van der Waals surface area contributed by atoms with Crippen LogP contribution in [-0.2, 0) is 11.3 Å². The van der Waals surface area contributed by atoms with Gasteiger partial charge < -0.3 is 13.7 Å². The molecule has 0 aliphatic carbocycles. The first-order chi connectivity index (χ1) is 16.0. The fourth-order valence-corrected chi connectivity index (χ4v) is 4.37. The highest BCUT2D eigenvalue weighted by molar-refractivity contribution is 5.77. The number of carbonyl (C=O) groups is 1. The third-order valence-corrected chi connectivity index (χ3v) is 6.14. The van der Waals surface area contributed by atoms with E-state index in [0.29, 0.717) is 38.0 Å². The van der Waals surface area contributed by atoms with Crippen LogP contribution >= 0.6 is 0 Å². The first kappa shape index (κ1) is 20.9. The SMILES string of the molecule is O=C(CCCn1c(=O)oc2cc([N+](=O)[O-])ccc21)N1CCC(c2nc3ccccc3o2)CC1. The largest absolute Gasteiger partial charge is 0.440 e. The van der Waals surface area contributed by atoms with Gasteiger partial charge in [-0.25, -0.2) is 9.78 Å². The van der Waals surface area contributed by atoms with Crippen molar-refractivity contribution >= 4 is 33.8 Å². The second-order valence-electron chi connectivity index (χ2n) is 8.21. The Morgan fingerprint density at radius 2 is 1.91 bits per heavy atom. The van der Waals surface area contributed by atoms with E-state index in [2.05, 4.69) is 4.98 Å². The molecule has 170 valence electrons. The third-order valence-electron chi connectivity index (χ3n) is 6.14. The number of para-hydroxylation sites is 2. The Morgan fingerprint density at radius 1 is 1.12 bits per heavy atom. The van der Waals surface area contributed by atoms with Gasteiger partial charge >= 0.3 is 5.76 Å². The van der Waals surface area contributed by atoms with Gasteiger partial charge in [-0.15, -0.1) is 0 Å². The number of piperidine rings is 1. The molecule has 1 aliphatic heterocycles. The van der Waals surface area contributed by atoms with E-state index in [1.807, 2.05) is 29.2 Å². The molecule has 1 fully saturated rings. The zero-order valence-corrected chi connectivity index (χ0v) is 17.8. The molecule has 0 radical (unpaired) electrons. The number of rotatable bonds is 6. The predicted octanol–water partition coefficient (Wildman–Crippen LogP) is 3.83. The number of fused-ring (bicyclic) bond motifs is 2. The van der Waals surface area contributed by atoms with E-state index < -0.39 is 10.7 Å². The minimum absolute atomic E-state index is 0.0440. The average molecular weight is 450 g/mol. The predicted molar refractivity (Wildman–Crippen MR) is 119 cm³/mol. The molecule has 4 aromatic rings. The number of aromatic nitrogens is 2. The Bertz CT molecular complexity index is 1360. The molecule has 33 heavy (non-hydrogen) atoms. The standard InChI is InChI=1S/C23H22N4O6/c28-21(6-3-11-26-18-8-7-16(27(30)31)14-20(18)33-23(26)29)25-12-9-15(10-13-25)22-24-17-4-1-2-5-19(17)32-22/h1-2,4-5,7-8,14-15H,3,6,9-13H2. The number of hydrogen-bond donors (Lipinski definition) is 0. The van der Waals surface area contributed by atoms with E-state index >= 15 is 0 Å². The summed E-state index contributed by atoms with van der Waals surface area (Å²) in [6.45, 7) is 1.58. The lowest BCUT2D eigenvalue weighted by molar-refractivity contribution is -0.384. The van der Waals surface area contributed by atoms with Crippen molar-refractivity contribution in [1.82, 2.24) is 14.5 Å². The lowest BCUT2D eigenvalue weighted by atomic mass is 9.96. The van der Waals surface area contributed by atoms with Crippen LogP contribution < -0.4 is 5.76 Å². The second-order valence-corrected chi connectivity index (χ2v) is 8.21. The maximum Gasteiger partial charge on any atom is 0.419 e. The number of nitro benzene ring substituents is 1. The Labute approximate surface area is 187 Å². The Hall–Kier alpha value is -3.95. The Kier molecular flexibility index (Phi) is 5.41. The molecule has 5 rings (SSSR count). The van der Waals surface area contributed by atoms with Crippen LogP contribution in [0.4, 0.5) is 5.69 Å².